The fourth-order valence-electron chi connectivity index (χ4n) is 3.13. The molecule has 1 fully saturated rings. The smallest absolute Gasteiger partial charge is 0.267 e. The van der Waals surface area contributed by atoms with E-state index in [0.29, 0.717) is 5.92 Å². The highest BCUT2D eigenvalue weighted by Gasteiger charge is 2.21. The second kappa shape index (κ2) is 6.79. The van der Waals surface area contributed by atoms with Crippen molar-refractivity contribution in [2.24, 2.45) is 11.8 Å². The number of rotatable bonds is 4. The molecule has 0 radical (unpaired) electrons. The average molecular weight is 341 g/mol. The van der Waals surface area contributed by atoms with Crippen LogP contribution in [0.5, 0.6) is 0 Å². The van der Waals surface area contributed by atoms with Crippen LogP contribution in [0.3, 0.4) is 0 Å². The summed E-state index contributed by atoms with van der Waals surface area (Å²) in [5.41, 5.74) is 0.746. The first kappa shape index (κ1) is 15.6. The average Bonchev–Trinajstić information content (AvgIpc) is 2.78. The molecule has 0 saturated heterocycles. The van der Waals surface area contributed by atoms with Crippen LogP contribution in [-0.4, -0.2) is 17.0 Å². The van der Waals surface area contributed by atoms with Crippen molar-refractivity contribution in [3.05, 3.63) is 22.4 Å². The Labute approximate surface area is 130 Å². The maximum absolute atomic E-state index is 12.4. The van der Waals surface area contributed by atoms with Gasteiger partial charge in [0.15, 0.2) is 0 Å². The normalized spacial score (nSPS) is 23.1. The zero-order valence-electron chi connectivity index (χ0n) is 12.7. The summed E-state index contributed by atoms with van der Waals surface area (Å²) >= 11 is 3.45. The predicted octanol–water partition coefficient (Wildman–Crippen LogP) is 4.39. The van der Waals surface area contributed by atoms with Gasteiger partial charge in [-0.1, -0.05) is 19.8 Å². The summed E-state index contributed by atoms with van der Waals surface area (Å²) in [6.07, 6.45) is 7.11. The lowest BCUT2D eigenvalue weighted by Gasteiger charge is -2.26. The molecule has 2 atom stereocenters. The van der Waals surface area contributed by atoms with Gasteiger partial charge in [0, 0.05) is 23.3 Å². The van der Waals surface area contributed by atoms with Gasteiger partial charge in [0.1, 0.15) is 5.69 Å². The highest BCUT2D eigenvalue weighted by atomic mass is 79.9. The Morgan fingerprint density at radius 3 is 2.90 bits per heavy atom. The minimum absolute atomic E-state index is 0.0441. The predicted molar refractivity (Wildman–Crippen MR) is 86.0 cm³/mol. The van der Waals surface area contributed by atoms with Crippen LogP contribution in [-0.2, 0) is 0 Å². The summed E-state index contributed by atoms with van der Waals surface area (Å²) in [5, 5.41) is 3.12. The molecular weight excluding hydrogens is 316 g/mol. The molecule has 0 spiro atoms. The third-order valence-electron chi connectivity index (χ3n) is 4.20. The molecule has 3 nitrogen and oxygen atoms in total. The molecule has 4 heteroatoms. The number of aromatic nitrogens is 1. The molecular formula is C16H25BrN2O. The van der Waals surface area contributed by atoms with Gasteiger partial charge >= 0.3 is 0 Å². The van der Waals surface area contributed by atoms with Crippen LogP contribution in [0, 0.1) is 11.8 Å². The first-order valence-corrected chi connectivity index (χ1v) is 8.42. The number of carbonyl (C=O) groups excluding carboxylic acids is 1. The maximum Gasteiger partial charge on any atom is 0.267 e. The lowest BCUT2D eigenvalue weighted by atomic mass is 9.82. The minimum Gasteiger partial charge on any atom is -0.350 e. The van der Waals surface area contributed by atoms with Crippen molar-refractivity contribution in [1.29, 1.82) is 0 Å². The van der Waals surface area contributed by atoms with Crippen LogP contribution in [0.25, 0.3) is 0 Å². The SMILES string of the molecule is CC1CCCC(CNC(=O)c2cc(Br)cn2C(C)C)C1. The van der Waals surface area contributed by atoms with E-state index >= 15 is 0 Å². The van der Waals surface area contributed by atoms with E-state index in [4.69, 9.17) is 0 Å². The molecule has 2 unspecified atom stereocenters. The lowest BCUT2D eigenvalue weighted by molar-refractivity contribution is 0.0930. The number of hydrogen-bond acceptors (Lipinski definition) is 1. The van der Waals surface area contributed by atoms with Crippen molar-refractivity contribution in [1.82, 2.24) is 9.88 Å². The topological polar surface area (TPSA) is 34.0 Å². The summed E-state index contributed by atoms with van der Waals surface area (Å²) in [5.74, 6) is 1.50. The Hall–Kier alpha value is -0.770. The third-order valence-corrected chi connectivity index (χ3v) is 4.63. The molecule has 2 rings (SSSR count). The minimum atomic E-state index is 0.0441. The molecule has 0 aliphatic heterocycles. The third kappa shape index (κ3) is 3.87. The molecule has 1 aliphatic carbocycles. The zero-order chi connectivity index (χ0) is 14.7. The molecule has 20 heavy (non-hydrogen) atoms. The fraction of sp³-hybridized carbons (Fsp3) is 0.688. The lowest BCUT2D eigenvalue weighted by Crippen LogP contribution is -2.32. The number of amides is 1. The molecule has 1 amide bonds. The Kier molecular flexibility index (Phi) is 5.30. The molecule has 1 heterocycles. The quantitative estimate of drug-likeness (QED) is 0.866. The Balaban J connectivity index is 1.95. The van der Waals surface area contributed by atoms with Gasteiger partial charge in [0.25, 0.3) is 5.91 Å². The van der Waals surface area contributed by atoms with Gasteiger partial charge in [-0.3, -0.25) is 4.79 Å². The van der Waals surface area contributed by atoms with Crippen LogP contribution in [0.1, 0.15) is 63.0 Å². The number of halogens is 1. The Bertz CT molecular complexity index is 467. The first-order valence-electron chi connectivity index (χ1n) is 7.63. The summed E-state index contributed by atoms with van der Waals surface area (Å²) in [6, 6.07) is 2.19. The van der Waals surface area contributed by atoms with E-state index in [-0.39, 0.29) is 11.9 Å². The van der Waals surface area contributed by atoms with Crippen molar-refractivity contribution in [3.63, 3.8) is 0 Å². The monoisotopic (exact) mass is 340 g/mol. The van der Waals surface area contributed by atoms with Crippen LogP contribution in [0.15, 0.2) is 16.7 Å². The summed E-state index contributed by atoms with van der Waals surface area (Å²) < 4.78 is 2.98. The largest absolute Gasteiger partial charge is 0.350 e. The highest BCUT2D eigenvalue weighted by molar-refractivity contribution is 9.10. The number of carbonyl (C=O) groups is 1. The van der Waals surface area contributed by atoms with Gasteiger partial charge in [-0.05, 0) is 60.5 Å². The molecule has 0 bridgehead atoms. The molecule has 1 saturated carbocycles. The van der Waals surface area contributed by atoms with Crippen LogP contribution in [0.2, 0.25) is 0 Å². The van der Waals surface area contributed by atoms with Crippen molar-refractivity contribution < 1.29 is 4.79 Å². The molecule has 1 aromatic heterocycles. The Morgan fingerprint density at radius 1 is 1.50 bits per heavy atom. The summed E-state index contributed by atoms with van der Waals surface area (Å²) in [7, 11) is 0. The zero-order valence-corrected chi connectivity index (χ0v) is 14.2. The van der Waals surface area contributed by atoms with E-state index in [2.05, 4.69) is 42.0 Å². The molecule has 0 aromatic carbocycles. The van der Waals surface area contributed by atoms with Crippen LogP contribution >= 0.6 is 15.9 Å². The molecule has 1 N–H and O–H groups in total. The highest BCUT2D eigenvalue weighted by Crippen LogP contribution is 2.28. The number of hydrogen-bond donors (Lipinski definition) is 1. The molecule has 112 valence electrons. The molecule has 1 aromatic rings. The van der Waals surface area contributed by atoms with E-state index in [1.165, 1.54) is 25.7 Å². The van der Waals surface area contributed by atoms with Crippen molar-refractivity contribution in [2.45, 2.75) is 52.5 Å². The van der Waals surface area contributed by atoms with E-state index in [9.17, 15) is 4.79 Å². The summed E-state index contributed by atoms with van der Waals surface area (Å²) in [6.45, 7) is 7.30. The fourth-order valence-corrected chi connectivity index (χ4v) is 3.57. The van der Waals surface area contributed by atoms with Gasteiger partial charge in [-0.25, -0.2) is 0 Å². The van der Waals surface area contributed by atoms with Crippen molar-refractivity contribution in [3.8, 4) is 0 Å². The van der Waals surface area contributed by atoms with E-state index < -0.39 is 0 Å². The summed E-state index contributed by atoms with van der Waals surface area (Å²) in [4.78, 5) is 12.4. The van der Waals surface area contributed by atoms with Gasteiger partial charge in [0.05, 0.1) is 0 Å². The van der Waals surface area contributed by atoms with Gasteiger partial charge in [-0.2, -0.15) is 0 Å². The van der Waals surface area contributed by atoms with Crippen LogP contribution in [0.4, 0.5) is 0 Å². The molecule has 1 aliphatic rings. The van der Waals surface area contributed by atoms with E-state index in [0.717, 1.165) is 22.6 Å². The van der Waals surface area contributed by atoms with E-state index in [1.54, 1.807) is 0 Å². The van der Waals surface area contributed by atoms with E-state index in [1.807, 2.05) is 16.8 Å². The first-order chi connectivity index (χ1) is 9.47. The van der Waals surface area contributed by atoms with Gasteiger partial charge in [-0.15, -0.1) is 0 Å². The maximum atomic E-state index is 12.4. The van der Waals surface area contributed by atoms with Crippen molar-refractivity contribution >= 4 is 21.8 Å². The number of nitrogens with zero attached hydrogens (tertiary/aromatic N) is 1. The number of nitrogens with one attached hydrogen (secondary N) is 1. The van der Waals surface area contributed by atoms with Gasteiger partial charge in [0.2, 0.25) is 0 Å². The standard InChI is InChI=1S/C16H25BrN2O/c1-11(2)19-10-14(17)8-15(19)16(20)18-9-13-6-4-5-12(3)7-13/h8,10-13H,4-7,9H2,1-3H3,(H,18,20). The van der Waals surface area contributed by atoms with Crippen LogP contribution < -0.4 is 5.32 Å². The Morgan fingerprint density at radius 2 is 2.25 bits per heavy atom. The second-order valence-corrected chi connectivity index (χ2v) is 7.31. The second-order valence-electron chi connectivity index (χ2n) is 6.39. The van der Waals surface area contributed by atoms with Crippen molar-refractivity contribution in [2.75, 3.05) is 6.54 Å². The van der Waals surface area contributed by atoms with Gasteiger partial charge < -0.3 is 9.88 Å².